The van der Waals surface area contributed by atoms with Crippen molar-refractivity contribution in [2.24, 2.45) is 0 Å². The SMILES string of the molecule is CCC/C=C/C[C@@H]1C\C=C/C=C(C)/C=C/C=C\[C@H](O)[C@H](O)\C=C(C)/C=C/C=C/C(=O)N1. The third kappa shape index (κ3) is 13.3. The largest absolute Gasteiger partial charge is 0.386 e. The van der Waals surface area contributed by atoms with Gasteiger partial charge in [-0.1, -0.05) is 103 Å². The number of allylic oxidation sites excluding steroid dienone is 11. The van der Waals surface area contributed by atoms with Crippen LogP contribution in [0.2, 0.25) is 0 Å². The molecule has 0 unspecified atom stereocenters. The van der Waals surface area contributed by atoms with Gasteiger partial charge < -0.3 is 15.5 Å². The highest BCUT2D eigenvalue weighted by atomic mass is 16.3. The zero-order chi connectivity index (χ0) is 22.9. The van der Waals surface area contributed by atoms with Crippen LogP contribution in [0.1, 0.15) is 46.5 Å². The summed E-state index contributed by atoms with van der Waals surface area (Å²) in [5, 5.41) is 23.2. The minimum Gasteiger partial charge on any atom is -0.386 e. The third-order valence-electron chi connectivity index (χ3n) is 4.58. The van der Waals surface area contributed by atoms with Gasteiger partial charge in [0, 0.05) is 12.1 Å². The quantitative estimate of drug-likeness (QED) is 0.556. The molecule has 0 aromatic carbocycles. The summed E-state index contributed by atoms with van der Waals surface area (Å²) in [5.74, 6) is -0.141. The normalized spacial score (nSPS) is 32.7. The minimum atomic E-state index is -1.01. The van der Waals surface area contributed by atoms with Crippen molar-refractivity contribution in [2.45, 2.75) is 64.7 Å². The van der Waals surface area contributed by atoms with E-state index in [0.717, 1.165) is 36.8 Å². The molecule has 0 radical (unpaired) electrons. The Labute approximate surface area is 187 Å². The van der Waals surface area contributed by atoms with E-state index in [4.69, 9.17) is 0 Å². The molecule has 4 heteroatoms. The van der Waals surface area contributed by atoms with Crippen LogP contribution in [0.15, 0.2) is 96.2 Å². The number of unbranched alkanes of at least 4 members (excludes halogenated alkanes) is 1. The van der Waals surface area contributed by atoms with Crippen LogP contribution in [0.25, 0.3) is 0 Å². The lowest BCUT2D eigenvalue weighted by Gasteiger charge is -2.14. The highest BCUT2D eigenvalue weighted by Gasteiger charge is 2.09. The third-order valence-corrected chi connectivity index (χ3v) is 4.58. The summed E-state index contributed by atoms with van der Waals surface area (Å²) >= 11 is 0. The van der Waals surface area contributed by atoms with Crippen LogP contribution in [0, 0.1) is 0 Å². The number of amides is 1. The van der Waals surface area contributed by atoms with Gasteiger partial charge in [-0.05, 0) is 33.1 Å². The van der Waals surface area contributed by atoms with Gasteiger partial charge in [-0.15, -0.1) is 0 Å². The van der Waals surface area contributed by atoms with Gasteiger partial charge >= 0.3 is 0 Å². The molecule has 3 atom stereocenters. The molecular formula is C27H37NO3. The summed E-state index contributed by atoms with van der Waals surface area (Å²) < 4.78 is 0. The number of rotatable bonds is 4. The summed E-state index contributed by atoms with van der Waals surface area (Å²) in [6.07, 6.45) is 27.3. The first-order chi connectivity index (χ1) is 14.9. The Hall–Kier alpha value is -2.69. The molecule has 4 nitrogen and oxygen atoms in total. The highest BCUT2D eigenvalue weighted by Crippen LogP contribution is 2.06. The van der Waals surface area contributed by atoms with Gasteiger partial charge in [-0.3, -0.25) is 4.79 Å². The summed E-state index contributed by atoms with van der Waals surface area (Å²) in [5.41, 5.74) is 1.84. The molecule has 0 spiro atoms. The average molecular weight is 424 g/mol. The molecule has 1 aliphatic heterocycles. The van der Waals surface area contributed by atoms with Crippen LogP contribution in [-0.2, 0) is 4.79 Å². The molecule has 168 valence electrons. The average Bonchev–Trinajstić information content (AvgIpc) is 2.73. The monoisotopic (exact) mass is 423 g/mol. The maximum atomic E-state index is 12.3. The summed E-state index contributed by atoms with van der Waals surface area (Å²) in [4.78, 5) is 12.3. The molecule has 0 bridgehead atoms. The minimum absolute atomic E-state index is 0.0292. The Bertz CT molecular complexity index is 778. The fourth-order valence-electron chi connectivity index (χ4n) is 2.80. The Balaban J connectivity index is 3.01. The number of hydrogen-bond donors (Lipinski definition) is 3. The molecule has 0 saturated heterocycles. The molecule has 0 aliphatic carbocycles. The molecule has 0 fully saturated rings. The maximum absolute atomic E-state index is 12.3. The first-order valence-corrected chi connectivity index (χ1v) is 11.0. The molecule has 1 amide bonds. The number of aliphatic hydroxyl groups is 2. The Morgan fingerprint density at radius 3 is 2.45 bits per heavy atom. The van der Waals surface area contributed by atoms with E-state index in [1.54, 1.807) is 36.5 Å². The van der Waals surface area contributed by atoms with Crippen LogP contribution in [0.3, 0.4) is 0 Å². The maximum Gasteiger partial charge on any atom is 0.244 e. The van der Waals surface area contributed by atoms with E-state index in [0.29, 0.717) is 0 Å². The van der Waals surface area contributed by atoms with Gasteiger partial charge in [0.2, 0.25) is 5.91 Å². The molecule has 3 N–H and O–H groups in total. The lowest BCUT2D eigenvalue weighted by atomic mass is 10.1. The second kappa shape index (κ2) is 16.1. The fraction of sp³-hybridized carbons (Fsp3) is 0.370. The number of aliphatic hydroxyl groups excluding tert-OH is 2. The van der Waals surface area contributed by atoms with E-state index in [-0.39, 0.29) is 11.9 Å². The zero-order valence-corrected chi connectivity index (χ0v) is 18.9. The Morgan fingerprint density at radius 1 is 0.968 bits per heavy atom. The van der Waals surface area contributed by atoms with Gasteiger partial charge in [-0.25, -0.2) is 0 Å². The predicted octanol–water partition coefficient (Wildman–Crippen LogP) is 5.02. The van der Waals surface area contributed by atoms with E-state index in [1.165, 1.54) is 6.08 Å². The number of hydrogen-bond acceptors (Lipinski definition) is 3. The first-order valence-electron chi connectivity index (χ1n) is 11.0. The molecule has 31 heavy (non-hydrogen) atoms. The molecule has 0 saturated carbocycles. The van der Waals surface area contributed by atoms with Crippen molar-refractivity contribution in [2.75, 3.05) is 0 Å². The smallest absolute Gasteiger partial charge is 0.244 e. The van der Waals surface area contributed by atoms with Gasteiger partial charge in [0.1, 0.15) is 12.2 Å². The topological polar surface area (TPSA) is 69.6 Å². The number of carbonyl (C=O) groups excluding carboxylic acids is 1. The summed E-state index contributed by atoms with van der Waals surface area (Å²) in [6.45, 7) is 5.96. The molecule has 1 aliphatic rings. The first kappa shape index (κ1) is 26.3. The van der Waals surface area contributed by atoms with Gasteiger partial charge in [0.05, 0.1) is 0 Å². The van der Waals surface area contributed by atoms with Crippen LogP contribution in [0.5, 0.6) is 0 Å². The van der Waals surface area contributed by atoms with Crippen LogP contribution in [-0.4, -0.2) is 34.4 Å². The summed E-state index contributed by atoms with van der Waals surface area (Å²) in [7, 11) is 0. The summed E-state index contributed by atoms with van der Waals surface area (Å²) in [6, 6.07) is 0.0292. The van der Waals surface area contributed by atoms with Crippen LogP contribution < -0.4 is 5.32 Å². The van der Waals surface area contributed by atoms with E-state index >= 15 is 0 Å². The van der Waals surface area contributed by atoms with Gasteiger partial charge in [0.25, 0.3) is 0 Å². The lowest BCUT2D eigenvalue weighted by Crippen LogP contribution is -2.32. The van der Waals surface area contributed by atoms with Crippen molar-refractivity contribution in [1.29, 1.82) is 0 Å². The van der Waals surface area contributed by atoms with Crippen LogP contribution >= 0.6 is 0 Å². The molecule has 1 rings (SSSR count). The second-order valence-corrected chi connectivity index (χ2v) is 7.63. The van der Waals surface area contributed by atoms with Gasteiger partial charge in [0.15, 0.2) is 0 Å². The molecular weight excluding hydrogens is 386 g/mol. The van der Waals surface area contributed by atoms with E-state index in [2.05, 4.69) is 30.5 Å². The van der Waals surface area contributed by atoms with Crippen molar-refractivity contribution in [3.05, 3.63) is 96.2 Å². The number of carbonyl (C=O) groups is 1. The second-order valence-electron chi connectivity index (χ2n) is 7.63. The standard InChI is InChI=1S/C27H37NO3/c1-4-5-6-7-17-24-18-11-8-14-22(2)15-9-12-19-25(29)26(30)21-23(3)16-10-13-20-27(31)28-24/h6-16,19-21,24-26,29-30H,4-5,17-18H2,1-3H3,(H,28,31)/b7-6+,11-8-,15-9+,16-10+,19-12-,20-13+,22-14+,23-21-/t24-,25+,26-/m1/s1. The number of nitrogens with one attached hydrogen (secondary N) is 1. The van der Waals surface area contributed by atoms with Gasteiger partial charge in [-0.2, -0.15) is 0 Å². The zero-order valence-electron chi connectivity index (χ0n) is 18.9. The van der Waals surface area contributed by atoms with Crippen molar-refractivity contribution < 1.29 is 15.0 Å². The van der Waals surface area contributed by atoms with Crippen molar-refractivity contribution in [3.8, 4) is 0 Å². The Kier molecular flexibility index (Phi) is 13.6. The lowest BCUT2D eigenvalue weighted by molar-refractivity contribution is -0.117. The van der Waals surface area contributed by atoms with Crippen molar-refractivity contribution in [1.82, 2.24) is 5.32 Å². The fourth-order valence-corrected chi connectivity index (χ4v) is 2.80. The van der Waals surface area contributed by atoms with E-state index < -0.39 is 12.2 Å². The molecule has 1 heterocycles. The molecule has 0 aromatic heterocycles. The highest BCUT2D eigenvalue weighted by molar-refractivity contribution is 5.88. The van der Waals surface area contributed by atoms with Crippen molar-refractivity contribution in [3.63, 3.8) is 0 Å². The Morgan fingerprint density at radius 2 is 1.68 bits per heavy atom. The van der Waals surface area contributed by atoms with Crippen molar-refractivity contribution >= 4 is 5.91 Å². The predicted molar refractivity (Wildman–Crippen MR) is 130 cm³/mol. The molecule has 0 aromatic rings. The van der Waals surface area contributed by atoms with E-state index in [1.807, 2.05) is 38.2 Å². The van der Waals surface area contributed by atoms with E-state index in [9.17, 15) is 15.0 Å². The van der Waals surface area contributed by atoms with Crippen LogP contribution in [0.4, 0.5) is 0 Å².